The van der Waals surface area contributed by atoms with Gasteiger partial charge in [0.05, 0.1) is 26.4 Å². The van der Waals surface area contributed by atoms with Crippen LogP contribution in [0.4, 0.5) is 0 Å². The first-order valence-electron chi connectivity index (χ1n) is 11.4. The van der Waals surface area contributed by atoms with E-state index in [1.165, 1.54) is 57.8 Å². The normalized spacial score (nSPS) is 10.2. The van der Waals surface area contributed by atoms with Crippen molar-refractivity contribution in [3.05, 3.63) is 0 Å². The van der Waals surface area contributed by atoms with Crippen molar-refractivity contribution < 1.29 is 32.5 Å². The monoisotopic (exact) mass is 477 g/mol. The van der Waals surface area contributed by atoms with E-state index in [1.54, 1.807) is 0 Å². The molecule has 0 aliphatic heterocycles. The largest absolute Gasteiger partial charge is 0.397 e. The summed E-state index contributed by atoms with van der Waals surface area (Å²) in [5, 5.41) is 23.2. The van der Waals surface area contributed by atoms with Crippen LogP contribution in [-0.2, 0) is 14.6 Å². The van der Waals surface area contributed by atoms with Crippen LogP contribution in [0.15, 0.2) is 0 Å². The molecule has 11 heteroatoms. The molecular formula is C20H51N3O7S. The highest BCUT2D eigenvalue weighted by atomic mass is 32.3. The van der Waals surface area contributed by atoms with Gasteiger partial charge in [0, 0.05) is 19.6 Å². The lowest BCUT2D eigenvalue weighted by Gasteiger charge is -2.02. The minimum atomic E-state index is -4.24. The average molecular weight is 478 g/mol. The quantitative estimate of drug-likeness (QED) is 0.118. The summed E-state index contributed by atoms with van der Waals surface area (Å²) in [6.07, 6.45) is 14.7. The van der Waals surface area contributed by atoms with Gasteiger partial charge in [-0.05, 0) is 6.42 Å². The highest BCUT2D eigenvalue weighted by molar-refractivity contribution is 7.80. The van der Waals surface area contributed by atoms with E-state index in [0.29, 0.717) is 26.1 Å². The molecule has 31 heavy (non-hydrogen) atoms. The average Bonchev–Trinajstić information content (AvgIpc) is 2.76. The van der Waals surface area contributed by atoms with Crippen LogP contribution in [0.25, 0.3) is 0 Å². The van der Waals surface area contributed by atoms with Gasteiger partial charge in [-0.3, -0.25) is 4.55 Å². The Hall–Kier alpha value is -0.370. The summed E-state index contributed by atoms with van der Waals surface area (Å²) in [5.74, 6) is 0. The summed E-state index contributed by atoms with van der Waals surface area (Å²) in [7, 11) is -4.24. The SMILES string of the molecule is CCCCCCCCCCCCCCOS(=O)(=O)O.NCCO.NCCO.NCCO. The van der Waals surface area contributed by atoms with E-state index in [2.05, 4.69) is 11.1 Å². The Morgan fingerprint density at radius 3 is 1.10 bits per heavy atom. The van der Waals surface area contributed by atoms with Crippen LogP contribution in [0, 0.1) is 0 Å². The number of aliphatic hydroxyl groups excluding tert-OH is 3. The van der Waals surface area contributed by atoms with Gasteiger partial charge in [-0.25, -0.2) is 4.18 Å². The van der Waals surface area contributed by atoms with Crippen molar-refractivity contribution in [1.82, 2.24) is 0 Å². The molecule has 0 aromatic rings. The molecule has 0 aromatic heterocycles. The summed E-state index contributed by atoms with van der Waals surface area (Å²) in [5.41, 5.74) is 14.3. The van der Waals surface area contributed by atoms with E-state index in [4.69, 9.17) is 37.1 Å². The minimum absolute atomic E-state index is 0.0935. The van der Waals surface area contributed by atoms with Crippen LogP contribution in [0.5, 0.6) is 0 Å². The maximum atomic E-state index is 10.3. The lowest BCUT2D eigenvalue weighted by atomic mass is 10.1. The molecule has 0 saturated carbocycles. The Bertz CT molecular complexity index is 360. The lowest BCUT2D eigenvalue weighted by molar-refractivity contribution is 0.261. The second kappa shape index (κ2) is 37.0. The fourth-order valence-electron chi connectivity index (χ4n) is 2.11. The van der Waals surface area contributed by atoms with Gasteiger partial charge in [-0.1, -0.05) is 77.6 Å². The number of aliphatic hydroxyl groups is 3. The molecule has 0 aliphatic carbocycles. The molecule has 0 saturated heterocycles. The summed E-state index contributed by atoms with van der Waals surface area (Å²) < 4.78 is 33.1. The van der Waals surface area contributed by atoms with Crippen LogP contribution < -0.4 is 17.2 Å². The minimum Gasteiger partial charge on any atom is -0.395 e. The molecule has 0 fully saturated rings. The molecule has 0 atom stereocenters. The zero-order valence-corrected chi connectivity index (χ0v) is 20.4. The topological polar surface area (TPSA) is 202 Å². The zero-order chi connectivity index (χ0) is 24.6. The van der Waals surface area contributed by atoms with Gasteiger partial charge in [0.1, 0.15) is 0 Å². The van der Waals surface area contributed by atoms with Crippen molar-refractivity contribution in [2.24, 2.45) is 17.2 Å². The Kier molecular flexibility index (Phi) is 45.2. The number of unbranched alkanes of at least 4 members (excludes halogenated alkanes) is 11. The molecule has 0 radical (unpaired) electrons. The Balaban J connectivity index is -0.000000247. The summed E-state index contributed by atoms with van der Waals surface area (Å²) >= 11 is 0. The van der Waals surface area contributed by atoms with Crippen molar-refractivity contribution in [3.8, 4) is 0 Å². The van der Waals surface area contributed by atoms with Gasteiger partial charge in [-0.2, -0.15) is 8.42 Å². The second-order valence-corrected chi connectivity index (χ2v) is 7.77. The van der Waals surface area contributed by atoms with E-state index in [9.17, 15) is 8.42 Å². The molecule has 0 aliphatic rings. The zero-order valence-electron chi connectivity index (χ0n) is 19.6. The molecule has 0 unspecified atom stereocenters. The summed E-state index contributed by atoms with van der Waals surface area (Å²) in [4.78, 5) is 0. The number of hydrogen-bond acceptors (Lipinski definition) is 9. The van der Waals surface area contributed by atoms with Crippen LogP contribution in [-0.4, -0.2) is 74.4 Å². The first kappa shape index (κ1) is 37.9. The number of hydrogen-bond donors (Lipinski definition) is 7. The predicted molar refractivity (Wildman–Crippen MR) is 127 cm³/mol. The fraction of sp³-hybridized carbons (Fsp3) is 1.00. The van der Waals surface area contributed by atoms with Gasteiger partial charge in [0.2, 0.25) is 0 Å². The highest BCUT2D eigenvalue weighted by Gasteiger charge is 2.02. The van der Waals surface area contributed by atoms with Crippen LogP contribution in [0.1, 0.15) is 84.0 Å². The van der Waals surface area contributed by atoms with E-state index in [0.717, 1.165) is 12.8 Å². The Morgan fingerprint density at radius 2 is 0.871 bits per heavy atom. The van der Waals surface area contributed by atoms with Crippen LogP contribution in [0.2, 0.25) is 0 Å². The summed E-state index contributed by atoms with van der Waals surface area (Å²) in [6, 6.07) is 0. The maximum Gasteiger partial charge on any atom is 0.397 e. The Morgan fingerprint density at radius 1 is 0.613 bits per heavy atom. The third kappa shape index (κ3) is 65.2. The molecule has 0 aromatic carbocycles. The third-order valence-corrected chi connectivity index (χ3v) is 4.08. The number of nitrogens with two attached hydrogens (primary N) is 3. The van der Waals surface area contributed by atoms with Crippen molar-refractivity contribution in [3.63, 3.8) is 0 Å². The third-order valence-electron chi connectivity index (χ3n) is 3.62. The highest BCUT2D eigenvalue weighted by Crippen LogP contribution is 2.11. The summed E-state index contributed by atoms with van der Waals surface area (Å²) in [6.45, 7) is 3.75. The molecule has 0 amide bonds. The Labute approximate surface area is 190 Å². The van der Waals surface area contributed by atoms with E-state index < -0.39 is 10.4 Å². The number of rotatable bonds is 17. The van der Waals surface area contributed by atoms with Crippen molar-refractivity contribution in [1.29, 1.82) is 0 Å². The molecule has 10 N–H and O–H groups in total. The van der Waals surface area contributed by atoms with Gasteiger partial charge in [0.15, 0.2) is 0 Å². The van der Waals surface area contributed by atoms with E-state index >= 15 is 0 Å². The molecule has 0 heterocycles. The lowest BCUT2D eigenvalue weighted by Crippen LogP contribution is -2.04. The van der Waals surface area contributed by atoms with Gasteiger partial charge < -0.3 is 32.5 Å². The smallest absolute Gasteiger partial charge is 0.395 e. The van der Waals surface area contributed by atoms with Crippen molar-refractivity contribution in [2.75, 3.05) is 46.1 Å². The van der Waals surface area contributed by atoms with E-state index in [-0.39, 0.29) is 26.4 Å². The van der Waals surface area contributed by atoms with Gasteiger partial charge in [0.25, 0.3) is 0 Å². The van der Waals surface area contributed by atoms with Crippen molar-refractivity contribution in [2.45, 2.75) is 84.0 Å². The molecule has 0 rings (SSSR count). The predicted octanol–water partition coefficient (Wildman–Crippen LogP) is 1.32. The molecule has 0 bridgehead atoms. The molecule has 0 spiro atoms. The van der Waals surface area contributed by atoms with E-state index in [1.807, 2.05) is 0 Å². The molecule has 194 valence electrons. The maximum absolute atomic E-state index is 10.3. The fourth-order valence-corrected chi connectivity index (χ4v) is 2.44. The first-order valence-corrected chi connectivity index (χ1v) is 12.7. The van der Waals surface area contributed by atoms with Crippen LogP contribution >= 0.6 is 0 Å². The molecular weight excluding hydrogens is 426 g/mol. The second-order valence-electron chi connectivity index (χ2n) is 6.68. The van der Waals surface area contributed by atoms with Gasteiger partial charge in [-0.15, -0.1) is 0 Å². The molecule has 10 nitrogen and oxygen atoms in total. The van der Waals surface area contributed by atoms with Crippen LogP contribution in [0.3, 0.4) is 0 Å². The standard InChI is InChI=1S/C14H30O4S.3C2H7NO/c1-2-3-4-5-6-7-8-9-10-11-12-13-14-18-19(15,16)17;3*3-1-2-4/h2-14H2,1H3,(H,15,16,17);3*4H,1-3H2. The van der Waals surface area contributed by atoms with Gasteiger partial charge >= 0.3 is 10.4 Å². The van der Waals surface area contributed by atoms with Crippen molar-refractivity contribution >= 4 is 10.4 Å². The first-order chi connectivity index (χ1) is 14.8.